The van der Waals surface area contributed by atoms with Crippen molar-refractivity contribution in [2.75, 3.05) is 7.11 Å². The van der Waals surface area contributed by atoms with Crippen molar-refractivity contribution < 1.29 is 13.2 Å². The Morgan fingerprint density at radius 2 is 1.84 bits per heavy atom. The van der Waals surface area contributed by atoms with E-state index in [4.69, 9.17) is 10.5 Å². The highest BCUT2D eigenvalue weighted by Crippen LogP contribution is 2.46. The number of aromatic nitrogens is 1. The number of rotatable bonds is 4. The third-order valence-electron chi connectivity index (χ3n) is 4.82. The number of methoxy groups -OCH3 is 1. The molecule has 0 amide bonds. The lowest BCUT2D eigenvalue weighted by Gasteiger charge is -2.08. The van der Waals surface area contributed by atoms with Gasteiger partial charge in [-0.05, 0) is 43.2 Å². The molecule has 1 heterocycles. The van der Waals surface area contributed by atoms with E-state index in [0.29, 0.717) is 11.3 Å². The summed E-state index contributed by atoms with van der Waals surface area (Å²) in [5.41, 5.74) is 8.60. The second kappa shape index (κ2) is 5.61. The van der Waals surface area contributed by atoms with E-state index in [-0.39, 0.29) is 16.9 Å². The van der Waals surface area contributed by atoms with Crippen LogP contribution in [0.5, 0.6) is 5.75 Å². The Kier molecular flexibility index (Phi) is 3.63. The fourth-order valence-corrected chi connectivity index (χ4v) is 4.67. The van der Waals surface area contributed by atoms with E-state index >= 15 is 0 Å². The summed E-state index contributed by atoms with van der Waals surface area (Å²) in [5.74, 6) is 0.845. The molecule has 0 bridgehead atoms. The number of hydrogen-bond donors (Lipinski definition) is 1. The summed E-state index contributed by atoms with van der Waals surface area (Å²) in [7, 11) is -2.09. The van der Waals surface area contributed by atoms with Crippen molar-refractivity contribution in [1.82, 2.24) is 3.97 Å². The smallest absolute Gasteiger partial charge is 0.268 e. The van der Waals surface area contributed by atoms with E-state index in [9.17, 15) is 8.42 Å². The first-order valence-electron chi connectivity index (χ1n) is 8.19. The normalized spacial score (nSPS) is 20.0. The summed E-state index contributed by atoms with van der Waals surface area (Å²) in [6.07, 6.45) is 2.57. The molecule has 130 valence electrons. The number of ether oxygens (including phenoxy) is 1. The highest BCUT2D eigenvalue weighted by molar-refractivity contribution is 7.90. The maximum atomic E-state index is 13.2. The Bertz CT molecular complexity index is 1050. The molecule has 1 saturated carbocycles. The van der Waals surface area contributed by atoms with Crippen LogP contribution in [0.2, 0.25) is 0 Å². The quantitative estimate of drug-likeness (QED) is 0.780. The molecule has 4 rings (SSSR count). The molecular weight excluding hydrogens is 336 g/mol. The lowest BCUT2D eigenvalue weighted by atomic mass is 10.1. The van der Waals surface area contributed by atoms with Gasteiger partial charge in [-0.15, -0.1) is 0 Å². The molecule has 0 spiro atoms. The van der Waals surface area contributed by atoms with Crippen LogP contribution in [0.1, 0.15) is 23.5 Å². The zero-order valence-corrected chi connectivity index (χ0v) is 15.0. The summed E-state index contributed by atoms with van der Waals surface area (Å²) in [5, 5.41) is 0.832. The van der Waals surface area contributed by atoms with E-state index in [1.807, 2.05) is 13.0 Å². The van der Waals surface area contributed by atoms with Gasteiger partial charge in [0.05, 0.1) is 17.5 Å². The maximum Gasteiger partial charge on any atom is 0.268 e. The van der Waals surface area contributed by atoms with Crippen molar-refractivity contribution >= 4 is 20.9 Å². The molecule has 0 radical (unpaired) electrons. The number of nitrogens with two attached hydrogens (primary N) is 1. The molecule has 3 aromatic rings. The van der Waals surface area contributed by atoms with E-state index in [1.54, 1.807) is 49.7 Å². The molecule has 2 N–H and O–H groups in total. The van der Waals surface area contributed by atoms with E-state index in [1.165, 1.54) is 3.97 Å². The molecule has 0 saturated heterocycles. The highest BCUT2D eigenvalue weighted by Gasteiger charge is 2.38. The van der Waals surface area contributed by atoms with Gasteiger partial charge in [0.2, 0.25) is 0 Å². The van der Waals surface area contributed by atoms with Crippen molar-refractivity contribution in [2.45, 2.75) is 30.2 Å². The Balaban J connectivity index is 1.98. The minimum atomic E-state index is -3.69. The number of benzene rings is 2. The molecule has 1 aromatic heterocycles. The zero-order valence-electron chi connectivity index (χ0n) is 14.1. The largest absolute Gasteiger partial charge is 0.496 e. The number of hydrogen-bond acceptors (Lipinski definition) is 4. The SMILES string of the molecule is COc1cccc2c1c([C@@H]1C[C@H]1N)cn2S(=O)(=O)c1ccc(C)cc1. The monoisotopic (exact) mass is 356 g/mol. The fraction of sp³-hybridized carbons (Fsp3) is 0.263. The molecule has 2 atom stereocenters. The number of nitrogens with zero attached hydrogens (tertiary/aromatic N) is 1. The minimum absolute atomic E-state index is 0.0750. The third-order valence-corrected chi connectivity index (χ3v) is 6.51. The second-order valence-corrected chi connectivity index (χ2v) is 8.37. The van der Waals surface area contributed by atoms with Gasteiger partial charge in [-0.25, -0.2) is 12.4 Å². The van der Waals surface area contributed by atoms with Crippen LogP contribution in [0.3, 0.4) is 0 Å². The van der Waals surface area contributed by atoms with Gasteiger partial charge in [0.15, 0.2) is 0 Å². The van der Waals surface area contributed by atoms with E-state index < -0.39 is 10.0 Å². The van der Waals surface area contributed by atoms with Crippen molar-refractivity contribution in [3.63, 3.8) is 0 Å². The van der Waals surface area contributed by atoms with Crippen LogP contribution in [0, 0.1) is 6.92 Å². The fourth-order valence-electron chi connectivity index (χ4n) is 3.30. The zero-order chi connectivity index (χ0) is 17.8. The molecule has 1 fully saturated rings. The van der Waals surface area contributed by atoms with Gasteiger partial charge in [-0.1, -0.05) is 23.8 Å². The summed E-state index contributed by atoms with van der Waals surface area (Å²) >= 11 is 0. The van der Waals surface area contributed by atoms with Gasteiger partial charge in [0.25, 0.3) is 10.0 Å². The molecule has 5 nitrogen and oxygen atoms in total. The summed E-state index contributed by atoms with van der Waals surface area (Å²) < 4.78 is 33.2. The average Bonchev–Trinajstić information content (AvgIpc) is 3.19. The van der Waals surface area contributed by atoms with Crippen LogP contribution in [0.4, 0.5) is 0 Å². The Morgan fingerprint density at radius 3 is 2.44 bits per heavy atom. The van der Waals surface area contributed by atoms with Crippen LogP contribution in [0.25, 0.3) is 10.9 Å². The molecule has 2 aromatic carbocycles. The summed E-state index contributed by atoms with van der Waals surface area (Å²) in [4.78, 5) is 0.268. The van der Waals surface area contributed by atoms with E-state index in [0.717, 1.165) is 22.9 Å². The first kappa shape index (κ1) is 16.2. The summed E-state index contributed by atoms with van der Waals surface area (Å²) in [6.45, 7) is 1.93. The van der Waals surface area contributed by atoms with Crippen molar-refractivity contribution in [3.05, 3.63) is 59.8 Å². The molecule has 6 heteroatoms. The second-order valence-electron chi connectivity index (χ2n) is 6.56. The van der Waals surface area contributed by atoms with Gasteiger partial charge in [0.1, 0.15) is 5.75 Å². The van der Waals surface area contributed by atoms with Crippen LogP contribution in [-0.4, -0.2) is 25.5 Å². The molecule has 1 aliphatic carbocycles. The standard InChI is InChI=1S/C19H20N2O3S/c1-12-6-8-13(9-7-12)25(22,23)21-11-15(14-10-16(14)20)19-17(21)4-3-5-18(19)24-2/h3-9,11,14,16H,10,20H2,1-2H3/t14-,16+/m0/s1. The van der Waals surface area contributed by atoms with Gasteiger partial charge in [0, 0.05) is 23.5 Å². The maximum absolute atomic E-state index is 13.2. The van der Waals surface area contributed by atoms with Gasteiger partial charge in [-0.3, -0.25) is 0 Å². The third kappa shape index (κ3) is 2.53. The minimum Gasteiger partial charge on any atom is -0.496 e. The van der Waals surface area contributed by atoms with Crippen molar-refractivity contribution in [2.24, 2.45) is 5.73 Å². The van der Waals surface area contributed by atoms with E-state index in [2.05, 4.69) is 0 Å². The topological polar surface area (TPSA) is 74.3 Å². The predicted octanol–water partition coefficient (Wildman–Crippen LogP) is 3.01. The number of aryl methyl sites for hydroxylation is 1. The molecular formula is C19H20N2O3S. The van der Waals surface area contributed by atoms with Crippen LogP contribution in [-0.2, 0) is 10.0 Å². The molecule has 1 aliphatic rings. The van der Waals surface area contributed by atoms with Crippen LogP contribution in [0.15, 0.2) is 53.6 Å². The van der Waals surface area contributed by atoms with Gasteiger partial charge in [-0.2, -0.15) is 0 Å². The van der Waals surface area contributed by atoms with Gasteiger partial charge < -0.3 is 10.5 Å². The Morgan fingerprint density at radius 1 is 1.16 bits per heavy atom. The lowest BCUT2D eigenvalue weighted by Crippen LogP contribution is -2.11. The summed E-state index contributed by atoms with van der Waals surface area (Å²) in [6, 6.07) is 12.4. The Hall–Kier alpha value is -2.31. The van der Waals surface area contributed by atoms with Crippen LogP contribution < -0.4 is 10.5 Å². The molecule has 0 unspecified atom stereocenters. The average molecular weight is 356 g/mol. The molecule has 0 aliphatic heterocycles. The highest BCUT2D eigenvalue weighted by atomic mass is 32.2. The van der Waals surface area contributed by atoms with Crippen LogP contribution >= 0.6 is 0 Å². The number of fused-ring (bicyclic) bond motifs is 1. The predicted molar refractivity (Wildman–Crippen MR) is 97.6 cm³/mol. The first-order valence-corrected chi connectivity index (χ1v) is 9.63. The van der Waals surface area contributed by atoms with Crippen molar-refractivity contribution in [1.29, 1.82) is 0 Å². The van der Waals surface area contributed by atoms with Crippen molar-refractivity contribution in [3.8, 4) is 5.75 Å². The first-order chi connectivity index (χ1) is 11.9. The lowest BCUT2D eigenvalue weighted by molar-refractivity contribution is 0.419. The Labute approximate surface area is 147 Å². The molecule has 25 heavy (non-hydrogen) atoms. The van der Waals surface area contributed by atoms with Gasteiger partial charge >= 0.3 is 0 Å².